The fourth-order valence-corrected chi connectivity index (χ4v) is 3.71. The van der Waals surface area contributed by atoms with Crippen LogP contribution in [-0.2, 0) is 11.3 Å². The number of nitrogens with one attached hydrogen (secondary N) is 1. The van der Waals surface area contributed by atoms with Crippen LogP contribution in [-0.4, -0.2) is 30.4 Å². The molecule has 1 atom stereocenters. The molecule has 4 heteroatoms. The summed E-state index contributed by atoms with van der Waals surface area (Å²) in [5.74, 6) is 0.289. The molecule has 1 saturated heterocycles. The second-order valence-corrected chi connectivity index (χ2v) is 7.49. The van der Waals surface area contributed by atoms with Crippen molar-refractivity contribution >= 4 is 12.0 Å². The fourth-order valence-electron chi connectivity index (χ4n) is 3.71. The molecule has 2 aromatic carbocycles. The quantitative estimate of drug-likeness (QED) is 0.723. The van der Waals surface area contributed by atoms with Gasteiger partial charge >= 0.3 is 0 Å². The van der Waals surface area contributed by atoms with E-state index in [1.807, 2.05) is 18.2 Å². The summed E-state index contributed by atoms with van der Waals surface area (Å²) >= 11 is 0. The van der Waals surface area contributed by atoms with Gasteiger partial charge in [0.25, 0.3) is 0 Å². The maximum atomic E-state index is 13.6. The first kappa shape index (κ1) is 20.3. The van der Waals surface area contributed by atoms with E-state index in [0.29, 0.717) is 17.9 Å². The van der Waals surface area contributed by atoms with Crippen molar-refractivity contribution in [2.45, 2.75) is 32.2 Å². The zero-order valence-corrected chi connectivity index (χ0v) is 16.3. The molecule has 1 N–H and O–H groups in total. The van der Waals surface area contributed by atoms with E-state index in [2.05, 4.69) is 34.5 Å². The van der Waals surface area contributed by atoms with Gasteiger partial charge < -0.3 is 5.32 Å². The first-order valence-electron chi connectivity index (χ1n) is 10.1. The molecule has 1 aliphatic rings. The van der Waals surface area contributed by atoms with Crippen LogP contribution in [0, 0.1) is 11.7 Å². The normalized spacial score (nSPS) is 17.7. The lowest BCUT2D eigenvalue weighted by atomic mass is 9.93. The van der Waals surface area contributed by atoms with E-state index in [1.165, 1.54) is 24.5 Å². The average Bonchev–Trinajstić information content (AvgIpc) is 2.73. The number of carbonyl (C=O) groups is 1. The lowest BCUT2D eigenvalue weighted by Gasteiger charge is -2.31. The molecule has 3 nitrogen and oxygen atoms in total. The standard InChI is InChI=1S/C24H29FN2O/c25-23-13-5-4-12-22(23)18-26-24(28)15-14-21-11-7-17-27(19-21)16-6-10-20-8-2-1-3-9-20/h1-6,8-10,12-13,21H,7,11,14-19H2,(H,26,28). The second-order valence-electron chi connectivity index (χ2n) is 7.49. The van der Waals surface area contributed by atoms with Crippen molar-refractivity contribution in [2.75, 3.05) is 19.6 Å². The summed E-state index contributed by atoms with van der Waals surface area (Å²) in [6.45, 7) is 3.37. The van der Waals surface area contributed by atoms with Crippen LogP contribution in [0.2, 0.25) is 0 Å². The number of piperidine rings is 1. The number of nitrogens with zero attached hydrogens (tertiary/aromatic N) is 1. The van der Waals surface area contributed by atoms with Gasteiger partial charge in [0.2, 0.25) is 5.91 Å². The third kappa shape index (κ3) is 6.61. The number of benzene rings is 2. The molecule has 148 valence electrons. The van der Waals surface area contributed by atoms with Gasteiger partial charge in [0, 0.05) is 31.6 Å². The third-order valence-electron chi connectivity index (χ3n) is 5.29. The van der Waals surface area contributed by atoms with Gasteiger partial charge in [0.15, 0.2) is 0 Å². The van der Waals surface area contributed by atoms with Gasteiger partial charge in [-0.2, -0.15) is 0 Å². The maximum absolute atomic E-state index is 13.6. The van der Waals surface area contributed by atoms with E-state index in [9.17, 15) is 9.18 Å². The predicted octanol–water partition coefficient (Wildman–Crippen LogP) is 4.65. The van der Waals surface area contributed by atoms with E-state index in [4.69, 9.17) is 0 Å². The maximum Gasteiger partial charge on any atom is 0.220 e. The highest BCUT2D eigenvalue weighted by atomic mass is 19.1. The molecule has 1 amide bonds. The van der Waals surface area contributed by atoms with Crippen LogP contribution in [0.25, 0.3) is 6.08 Å². The number of likely N-dealkylation sites (tertiary alicyclic amines) is 1. The van der Waals surface area contributed by atoms with Gasteiger partial charge in [-0.05, 0) is 43.4 Å². The van der Waals surface area contributed by atoms with Gasteiger partial charge in [-0.25, -0.2) is 4.39 Å². The number of amides is 1. The highest BCUT2D eigenvalue weighted by molar-refractivity contribution is 5.75. The van der Waals surface area contributed by atoms with E-state index in [-0.39, 0.29) is 18.3 Å². The van der Waals surface area contributed by atoms with Crippen molar-refractivity contribution in [1.82, 2.24) is 10.2 Å². The molecule has 28 heavy (non-hydrogen) atoms. The van der Waals surface area contributed by atoms with Crippen LogP contribution in [0.4, 0.5) is 4.39 Å². The lowest BCUT2D eigenvalue weighted by Crippen LogP contribution is -2.36. The van der Waals surface area contributed by atoms with Gasteiger partial charge in [0.05, 0.1) is 0 Å². The number of carbonyl (C=O) groups excluding carboxylic acids is 1. The fraction of sp³-hybridized carbons (Fsp3) is 0.375. The van der Waals surface area contributed by atoms with Crippen LogP contribution >= 0.6 is 0 Å². The minimum Gasteiger partial charge on any atom is -0.352 e. The van der Waals surface area contributed by atoms with Crippen LogP contribution in [0.15, 0.2) is 60.7 Å². The molecule has 1 fully saturated rings. The molecule has 1 unspecified atom stereocenters. The summed E-state index contributed by atoms with van der Waals surface area (Å²) in [4.78, 5) is 14.6. The molecule has 1 heterocycles. The number of hydrogen-bond donors (Lipinski definition) is 1. The minimum atomic E-state index is -0.269. The SMILES string of the molecule is O=C(CCC1CCCN(CC=Cc2ccccc2)C1)NCc1ccccc1F. The van der Waals surface area contributed by atoms with E-state index in [1.54, 1.807) is 18.2 Å². The molecule has 2 aromatic rings. The van der Waals surface area contributed by atoms with Crippen LogP contribution in [0.5, 0.6) is 0 Å². The zero-order chi connectivity index (χ0) is 19.6. The largest absolute Gasteiger partial charge is 0.352 e. The van der Waals surface area contributed by atoms with Gasteiger partial charge in [0.1, 0.15) is 5.82 Å². The summed E-state index contributed by atoms with van der Waals surface area (Å²) in [6, 6.07) is 16.9. The van der Waals surface area contributed by atoms with Crippen molar-refractivity contribution in [1.29, 1.82) is 0 Å². The molecule has 0 spiro atoms. The monoisotopic (exact) mass is 380 g/mol. The summed E-state index contributed by atoms with van der Waals surface area (Å²) in [7, 11) is 0. The Labute approximate surface area is 167 Å². The van der Waals surface area contributed by atoms with Crippen LogP contribution < -0.4 is 5.32 Å². The van der Waals surface area contributed by atoms with Gasteiger partial charge in [-0.15, -0.1) is 0 Å². The summed E-state index contributed by atoms with van der Waals surface area (Å²) in [5, 5.41) is 2.84. The Bertz CT molecular complexity index is 775. The number of rotatable bonds is 8. The van der Waals surface area contributed by atoms with Crippen LogP contribution in [0.1, 0.15) is 36.8 Å². The Morgan fingerprint density at radius 2 is 1.93 bits per heavy atom. The van der Waals surface area contributed by atoms with Crippen molar-refractivity contribution in [3.05, 3.63) is 77.6 Å². The Morgan fingerprint density at radius 1 is 1.14 bits per heavy atom. The predicted molar refractivity (Wildman–Crippen MR) is 112 cm³/mol. The smallest absolute Gasteiger partial charge is 0.220 e. The van der Waals surface area contributed by atoms with Crippen molar-refractivity contribution in [3.8, 4) is 0 Å². The molecule has 0 aliphatic carbocycles. The lowest BCUT2D eigenvalue weighted by molar-refractivity contribution is -0.121. The molecule has 0 bridgehead atoms. The number of halogens is 1. The van der Waals surface area contributed by atoms with E-state index >= 15 is 0 Å². The summed E-state index contributed by atoms with van der Waals surface area (Å²) in [5.41, 5.74) is 1.76. The second kappa shape index (κ2) is 10.8. The van der Waals surface area contributed by atoms with E-state index in [0.717, 1.165) is 26.1 Å². The molecular weight excluding hydrogens is 351 g/mol. The molecule has 0 radical (unpaired) electrons. The third-order valence-corrected chi connectivity index (χ3v) is 5.29. The zero-order valence-electron chi connectivity index (χ0n) is 16.3. The molecule has 0 saturated carbocycles. The van der Waals surface area contributed by atoms with Crippen molar-refractivity contribution in [2.24, 2.45) is 5.92 Å². The first-order valence-corrected chi connectivity index (χ1v) is 10.1. The van der Waals surface area contributed by atoms with Crippen molar-refractivity contribution < 1.29 is 9.18 Å². The number of hydrogen-bond acceptors (Lipinski definition) is 2. The molecular formula is C24H29FN2O. The molecule has 1 aliphatic heterocycles. The van der Waals surface area contributed by atoms with E-state index < -0.39 is 0 Å². The molecule has 3 rings (SSSR count). The Balaban J connectivity index is 1.37. The topological polar surface area (TPSA) is 32.3 Å². The summed E-state index contributed by atoms with van der Waals surface area (Å²) in [6.07, 6.45) is 8.15. The van der Waals surface area contributed by atoms with Crippen LogP contribution in [0.3, 0.4) is 0 Å². The Hall–Kier alpha value is -2.46. The minimum absolute atomic E-state index is 0.00403. The Kier molecular flexibility index (Phi) is 7.80. The molecule has 0 aromatic heterocycles. The van der Waals surface area contributed by atoms with Gasteiger partial charge in [-0.1, -0.05) is 60.7 Å². The highest BCUT2D eigenvalue weighted by Crippen LogP contribution is 2.21. The first-order chi connectivity index (χ1) is 13.7. The average molecular weight is 381 g/mol. The Morgan fingerprint density at radius 3 is 2.75 bits per heavy atom. The van der Waals surface area contributed by atoms with Gasteiger partial charge in [-0.3, -0.25) is 9.69 Å². The summed E-state index contributed by atoms with van der Waals surface area (Å²) < 4.78 is 13.6. The highest BCUT2D eigenvalue weighted by Gasteiger charge is 2.19. The van der Waals surface area contributed by atoms with Crippen molar-refractivity contribution in [3.63, 3.8) is 0 Å².